The van der Waals surface area contributed by atoms with Crippen molar-refractivity contribution in [2.24, 2.45) is 16.5 Å². The number of aliphatic hydroxyl groups is 1. The molecular formula is C14H26N4O6S. The van der Waals surface area contributed by atoms with E-state index in [1.165, 1.54) is 0 Å². The van der Waals surface area contributed by atoms with Gasteiger partial charge < -0.3 is 31.2 Å². The lowest BCUT2D eigenvalue weighted by Crippen LogP contribution is -2.86. The molecule has 0 radical (unpaired) electrons. The highest BCUT2D eigenvalue weighted by Crippen LogP contribution is 2.15. The fourth-order valence-corrected chi connectivity index (χ4v) is 1.73. The highest BCUT2D eigenvalue weighted by molar-refractivity contribution is 7.79. The molecule has 25 heavy (non-hydrogen) atoms. The largest absolute Gasteiger partial charge is 0.726 e. The van der Waals surface area contributed by atoms with Gasteiger partial charge in [0.2, 0.25) is 10.4 Å². The summed E-state index contributed by atoms with van der Waals surface area (Å²) in [7, 11) is -4.92. The molecule has 1 rings (SSSR count). The molecule has 0 fully saturated rings. The molecule has 0 aliphatic heterocycles. The molecule has 0 aliphatic rings. The first-order chi connectivity index (χ1) is 11.6. The summed E-state index contributed by atoms with van der Waals surface area (Å²) in [5, 5.41) is 11.9. The van der Waals surface area contributed by atoms with E-state index in [1.54, 1.807) is 0 Å². The molecule has 10 nitrogen and oxygen atoms in total. The Morgan fingerprint density at radius 3 is 2.56 bits per heavy atom. The number of aryl methyl sites for hydroxylation is 1. The van der Waals surface area contributed by atoms with Crippen LogP contribution in [0.3, 0.4) is 0 Å². The van der Waals surface area contributed by atoms with Gasteiger partial charge in [-0.1, -0.05) is 18.2 Å². The van der Waals surface area contributed by atoms with Gasteiger partial charge in [0, 0.05) is 13.0 Å². The quantitative estimate of drug-likeness (QED) is 0.107. The summed E-state index contributed by atoms with van der Waals surface area (Å²) in [6, 6.07) is 7.77. The molecule has 0 saturated heterocycles. The molecule has 144 valence electrons. The molecule has 0 spiro atoms. The van der Waals surface area contributed by atoms with Crippen LogP contribution >= 0.6 is 0 Å². The predicted molar refractivity (Wildman–Crippen MR) is 92.0 cm³/mol. The van der Waals surface area contributed by atoms with Crippen molar-refractivity contribution >= 4 is 16.4 Å². The van der Waals surface area contributed by atoms with Crippen LogP contribution in [0.4, 0.5) is 0 Å². The van der Waals surface area contributed by atoms with E-state index >= 15 is 0 Å². The van der Waals surface area contributed by atoms with Crippen molar-refractivity contribution in [3.8, 4) is 5.75 Å². The van der Waals surface area contributed by atoms with Crippen molar-refractivity contribution in [1.29, 1.82) is 0 Å². The Labute approximate surface area is 147 Å². The number of ether oxygens (including phenoxy) is 1. The van der Waals surface area contributed by atoms with Crippen LogP contribution in [-0.2, 0) is 10.4 Å². The molecule has 0 aromatic heterocycles. The number of guanidine groups is 1. The highest BCUT2D eigenvalue weighted by Gasteiger charge is 2.08. The second kappa shape index (κ2) is 12.4. The molecule has 0 bridgehead atoms. The van der Waals surface area contributed by atoms with Crippen molar-refractivity contribution < 1.29 is 32.7 Å². The summed E-state index contributed by atoms with van der Waals surface area (Å²) in [6.07, 6.45) is 0.390. The second-order valence-electron chi connectivity index (χ2n) is 5.13. The fourth-order valence-electron chi connectivity index (χ4n) is 1.73. The molecule has 11 heteroatoms. The molecule has 0 amide bonds. The average molecular weight is 378 g/mol. The van der Waals surface area contributed by atoms with Gasteiger partial charge in [-0.05, 0) is 18.6 Å². The van der Waals surface area contributed by atoms with Crippen LogP contribution < -0.4 is 21.5 Å². The number of rotatable bonds is 9. The Kier molecular flexibility index (Phi) is 11.5. The Balaban J connectivity index is 0.00000101. The van der Waals surface area contributed by atoms with Crippen LogP contribution in [0.2, 0.25) is 0 Å². The SMILES string of the molecule is Cc1ccccc1OCC(O)C[NH2+]CCCN=C(N)N.O=S(=O)([O-])O. The van der Waals surface area contributed by atoms with Crippen LogP contribution in [0.15, 0.2) is 29.3 Å². The zero-order valence-electron chi connectivity index (χ0n) is 14.0. The Morgan fingerprint density at radius 1 is 1.40 bits per heavy atom. The van der Waals surface area contributed by atoms with Gasteiger partial charge in [0.15, 0.2) is 5.96 Å². The summed E-state index contributed by atoms with van der Waals surface area (Å²) in [5.41, 5.74) is 11.5. The van der Waals surface area contributed by atoms with E-state index in [0.717, 1.165) is 24.3 Å². The third kappa shape index (κ3) is 16.7. The maximum atomic E-state index is 9.82. The number of hydrogen-bond acceptors (Lipinski definition) is 6. The summed E-state index contributed by atoms with van der Waals surface area (Å²) in [5.74, 6) is 0.941. The van der Waals surface area contributed by atoms with Crippen LogP contribution in [0, 0.1) is 6.92 Å². The van der Waals surface area contributed by atoms with Crippen molar-refractivity contribution in [3.63, 3.8) is 0 Å². The Bertz CT molecular complexity index is 612. The van der Waals surface area contributed by atoms with Gasteiger partial charge in [-0.3, -0.25) is 9.55 Å². The lowest BCUT2D eigenvalue weighted by atomic mass is 10.2. The van der Waals surface area contributed by atoms with Gasteiger partial charge >= 0.3 is 0 Å². The van der Waals surface area contributed by atoms with Gasteiger partial charge in [-0.2, -0.15) is 0 Å². The van der Waals surface area contributed by atoms with Crippen LogP contribution in [0.5, 0.6) is 5.75 Å². The Morgan fingerprint density at radius 2 is 2.00 bits per heavy atom. The summed E-state index contributed by atoms with van der Waals surface area (Å²) >= 11 is 0. The lowest BCUT2D eigenvalue weighted by molar-refractivity contribution is -0.661. The third-order valence-corrected chi connectivity index (χ3v) is 2.82. The zero-order chi connectivity index (χ0) is 19.3. The first kappa shape index (κ1) is 23.1. The maximum Gasteiger partial charge on any atom is 0.215 e. The highest BCUT2D eigenvalue weighted by atomic mass is 32.3. The summed E-state index contributed by atoms with van der Waals surface area (Å²) < 4.78 is 38.4. The molecule has 1 atom stereocenters. The first-order valence-electron chi connectivity index (χ1n) is 7.51. The lowest BCUT2D eigenvalue weighted by Gasteiger charge is -2.12. The van der Waals surface area contributed by atoms with Gasteiger partial charge in [0.1, 0.15) is 25.0 Å². The molecular weight excluding hydrogens is 352 g/mol. The monoisotopic (exact) mass is 378 g/mol. The van der Waals surface area contributed by atoms with Crippen molar-refractivity contribution in [1.82, 2.24) is 0 Å². The van der Waals surface area contributed by atoms with E-state index < -0.39 is 16.5 Å². The number of nitrogens with two attached hydrogens (primary N) is 3. The second-order valence-corrected chi connectivity index (χ2v) is 5.99. The van der Waals surface area contributed by atoms with Crippen LogP contribution in [-0.4, -0.2) is 60.9 Å². The standard InChI is InChI=1S/C14H24N4O2.H2O4S/c1-11-5-2-3-6-13(11)20-10-12(19)9-17-7-4-8-18-14(15)16;1-5(2,3)4/h2-3,5-6,12,17,19H,4,7-10H2,1H3,(H4,15,16,18);(H2,1,2,3,4). The molecule has 1 aromatic carbocycles. The van der Waals surface area contributed by atoms with Crippen molar-refractivity contribution in [2.75, 3.05) is 26.2 Å². The smallest absolute Gasteiger partial charge is 0.215 e. The van der Waals surface area contributed by atoms with Gasteiger partial charge in [0.25, 0.3) is 0 Å². The van der Waals surface area contributed by atoms with E-state index in [2.05, 4.69) is 4.99 Å². The topological polar surface area (TPSA) is 188 Å². The van der Waals surface area contributed by atoms with Gasteiger partial charge in [-0.25, -0.2) is 8.42 Å². The molecule has 0 heterocycles. The number of para-hydroxylation sites is 1. The number of nitrogens with zero attached hydrogens (tertiary/aromatic N) is 1. The van der Waals surface area contributed by atoms with Crippen molar-refractivity contribution in [2.45, 2.75) is 19.4 Å². The van der Waals surface area contributed by atoms with E-state index in [1.807, 2.05) is 36.5 Å². The molecule has 1 unspecified atom stereocenters. The van der Waals surface area contributed by atoms with E-state index in [4.69, 9.17) is 33.7 Å². The fraction of sp³-hybridized carbons (Fsp3) is 0.500. The normalized spacial score (nSPS) is 11.8. The van der Waals surface area contributed by atoms with E-state index in [9.17, 15) is 5.11 Å². The molecule has 0 aliphatic carbocycles. The number of hydrogen-bond donors (Lipinski definition) is 5. The van der Waals surface area contributed by atoms with Crippen LogP contribution in [0.25, 0.3) is 0 Å². The third-order valence-electron chi connectivity index (χ3n) is 2.82. The van der Waals surface area contributed by atoms with Gasteiger partial charge in [-0.15, -0.1) is 0 Å². The number of aliphatic imine (C=N–C) groups is 1. The van der Waals surface area contributed by atoms with Crippen molar-refractivity contribution in [3.05, 3.63) is 29.8 Å². The van der Waals surface area contributed by atoms with Crippen LogP contribution in [0.1, 0.15) is 12.0 Å². The summed E-state index contributed by atoms with van der Waals surface area (Å²) in [6.45, 7) is 4.38. The minimum atomic E-state index is -4.92. The van der Waals surface area contributed by atoms with Gasteiger partial charge in [0.05, 0.1) is 6.54 Å². The summed E-state index contributed by atoms with van der Waals surface area (Å²) in [4.78, 5) is 3.89. The number of benzene rings is 1. The maximum absolute atomic E-state index is 9.82. The predicted octanol–water partition coefficient (Wildman–Crippen LogP) is -2.03. The average Bonchev–Trinajstić information content (AvgIpc) is 2.48. The minimum absolute atomic E-state index is 0.122. The molecule has 1 aromatic rings. The number of aliphatic hydroxyl groups excluding tert-OH is 1. The first-order valence-corrected chi connectivity index (χ1v) is 8.88. The Hall–Kier alpha value is -1.92. The van der Waals surface area contributed by atoms with E-state index in [0.29, 0.717) is 19.7 Å². The minimum Gasteiger partial charge on any atom is -0.726 e. The molecule has 8 N–H and O–H groups in total. The zero-order valence-corrected chi connectivity index (χ0v) is 14.9. The van der Waals surface area contributed by atoms with E-state index in [-0.39, 0.29) is 5.96 Å². The molecule has 0 saturated carbocycles. The number of quaternary nitrogens is 1.